The number of rotatable bonds is 4. The number of aromatic nitrogens is 1. The molecule has 1 atom stereocenters. The van der Waals surface area contributed by atoms with Crippen molar-refractivity contribution in [1.82, 2.24) is 15.6 Å². The predicted molar refractivity (Wildman–Crippen MR) is 106 cm³/mol. The minimum atomic E-state index is -4.94. The monoisotopic (exact) mass is 436 g/mol. The summed E-state index contributed by atoms with van der Waals surface area (Å²) < 4.78 is 52.4. The first-order chi connectivity index (χ1) is 14.4. The fraction of sp³-hybridized carbons (Fsp3) is 0.300. The van der Waals surface area contributed by atoms with Crippen LogP contribution in [0.2, 0.25) is 0 Å². The fourth-order valence-corrected chi connectivity index (χ4v) is 2.42. The first-order valence-electron chi connectivity index (χ1n) is 9.00. The van der Waals surface area contributed by atoms with Gasteiger partial charge >= 0.3 is 6.18 Å². The summed E-state index contributed by atoms with van der Waals surface area (Å²) in [5.74, 6) is -2.35. The van der Waals surface area contributed by atoms with Crippen LogP contribution in [0.1, 0.15) is 36.7 Å². The summed E-state index contributed by atoms with van der Waals surface area (Å²) in [4.78, 5) is 20.2. The smallest absolute Gasteiger partial charge is 0.335 e. The number of pyridine rings is 1. The van der Waals surface area contributed by atoms with E-state index in [1.54, 1.807) is 45.3 Å². The van der Waals surface area contributed by atoms with E-state index in [9.17, 15) is 22.4 Å². The van der Waals surface area contributed by atoms with E-state index < -0.39 is 35.0 Å². The van der Waals surface area contributed by atoms with Crippen molar-refractivity contribution >= 4 is 17.6 Å². The van der Waals surface area contributed by atoms with Crippen molar-refractivity contribution in [3.8, 4) is 6.19 Å². The van der Waals surface area contributed by atoms with Crippen molar-refractivity contribution in [3.63, 3.8) is 0 Å². The van der Waals surface area contributed by atoms with Crippen molar-refractivity contribution in [2.75, 3.05) is 5.32 Å². The van der Waals surface area contributed by atoms with Crippen LogP contribution in [0.4, 0.5) is 23.2 Å². The number of amides is 1. The van der Waals surface area contributed by atoms with Gasteiger partial charge in [-0.2, -0.15) is 18.4 Å². The second-order valence-corrected chi connectivity index (χ2v) is 7.54. The van der Waals surface area contributed by atoms with E-state index in [2.05, 4.69) is 25.9 Å². The van der Waals surface area contributed by atoms with Crippen LogP contribution in [-0.2, 0) is 6.18 Å². The molecule has 7 nitrogen and oxygen atoms in total. The summed E-state index contributed by atoms with van der Waals surface area (Å²) in [6, 6.07) is 5.32. The van der Waals surface area contributed by atoms with Gasteiger partial charge in [0.2, 0.25) is 12.2 Å². The van der Waals surface area contributed by atoms with Crippen molar-refractivity contribution < 1.29 is 22.4 Å². The quantitative estimate of drug-likeness (QED) is 0.222. The third-order valence-electron chi connectivity index (χ3n) is 4.04. The molecule has 0 fully saturated rings. The minimum Gasteiger partial charge on any atom is -0.335 e. The molecule has 31 heavy (non-hydrogen) atoms. The lowest BCUT2D eigenvalue weighted by molar-refractivity contribution is -0.140. The highest BCUT2D eigenvalue weighted by Gasteiger charge is 2.35. The number of hydrogen-bond donors (Lipinski definition) is 3. The van der Waals surface area contributed by atoms with E-state index in [1.165, 1.54) is 6.20 Å². The lowest BCUT2D eigenvalue weighted by Crippen LogP contribution is -2.56. The van der Waals surface area contributed by atoms with Crippen LogP contribution in [0.3, 0.4) is 0 Å². The first-order valence-corrected chi connectivity index (χ1v) is 9.00. The minimum absolute atomic E-state index is 0.00851. The van der Waals surface area contributed by atoms with Crippen LogP contribution in [-0.4, -0.2) is 23.0 Å². The van der Waals surface area contributed by atoms with E-state index in [-0.39, 0.29) is 11.5 Å². The van der Waals surface area contributed by atoms with Gasteiger partial charge < -0.3 is 16.0 Å². The molecule has 3 N–H and O–H groups in total. The first kappa shape index (κ1) is 23.6. The Bertz CT molecular complexity index is 993. The maximum atomic E-state index is 13.5. The molecule has 0 aliphatic rings. The summed E-state index contributed by atoms with van der Waals surface area (Å²) >= 11 is 0. The molecule has 0 radical (unpaired) electrons. The standard InChI is InChI=1S/C20H20F4N6O/c1-19(2,3)17(30-18(27-11-25)28-13-5-4-8-26-10-13)29-16(31)12-6-7-15(21)14(9-12)20(22,23)24/h4-10,17H,1-3H3,(H,29,31)(H2,27,28,30). The number of halogens is 4. The van der Waals surface area contributed by atoms with Gasteiger partial charge in [-0.15, -0.1) is 4.99 Å². The number of nitrogens with one attached hydrogen (secondary N) is 3. The number of nitrogens with zero attached hydrogens (tertiary/aromatic N) is 3. The highest BCUT2D eigenvalue weighted by atomic mass is 19.4. The maximum absolute atomic E-state index is 13.5. The molecular weight excluding hydrogens is 416 g/mol. The van der Waals surface area contributed by atoms with E-state index in [4.69, 9.17) is 5.26 Å². The molecule has 0 aliphatic heterocycles. The highest BCUT2D eigenvalue weighted by Crippen LogP contribution is 2.32. The largest absolute Gasteiger partial charge is 0.419 e. The van der Waals surface area contributed by atoms with Gasteiger partial charge in [0.05, 0.1) is 17.4 Å². The molecule has 164 valence electrons. The van der Waals surface area contributed by atoms with Crippen LogP contribution >= 0.6 is 0 Å². The van der Waals surface area contributed by atoms with Gasteiger partial charge in [0, 0.05) is 17.2 Å². The number of alkyl halides is 3. The van der Waals surface area contributed by atoms with E-state index in [0.717, 1.165) is 6.07 Å². The van der Waals surface area contributed by atoms with Gasteiger partial charge in [-0.25, -0.2) is 4.39 Å². The molecule has 1 unspecified atom stereocenters. The fourth-order valence-electron chi connectivity index (χ4n) is 2.42. The van der Waals surface area contributed by atoms with Gasteiger partial charge in [-0.05, 0) is 30.3 Å². The third-order valence-corrected chi connectivity index (χ3v) is 4.04. The molecular formula is C20H20F4N6O. The van der Waals surface area contributed by atoms with E-state index in [0.29, 0.717) is 17.8 Å². The van der Waals surface area contributed by atoms with Crippen LogP contribution in [0.25, 0.3) is 0 Å². The number of nitriles is 1. The number of aliphatic imine (C=N–C) groups is 1. The van der Waals surface area contributed by atoms with Crippen molar-refractivity contribution in [3.05, 3.63) is 59.7 Å². The van der Waals surface area contributed by atoms with Gasteiger partial charge in [0.1, 0.15) is 12.0 Å². The summed E-state index contributed by atoms with van der Waals surface area (Å²) in [6.45, 7) is 5.26. The lowest BCUT2D eigenvalue weighted by atomic mass is 9.92. The Morgan fingerprint density at radius 1 is 1.19 bits per heavy atom. The number of guanidine groups is 1. The zero-order valence-electron chi connectivity index (χ0n) is 16.9. The number of carbonyl (C=O) groups excluding carboxylic acids is 1. The van der Waals surface area contributed by atoms with E-state index in [1.807, 2.05) is 0 Å². The lowest BCUT2D eigenvalue weighted by Gasteiger charge is -2.33. The second kappa shape index (κ2) is 9.42. The third kappa shape index (κ3) is 6.67. The van der Waals surface area contributed by atoms with Gasteiger partial charge in [0.25, 0.3) is 5.91 Å². The average Bonchev–Trinajstić information content (AvgIpc) is 2.67. The molecule has 0 aliphatic carbocycles. The van der Waals surface area contributed by atoms with Crippen LogP contribution < -0.4 is 16.0 Å². The Balaban J connectivity index is 2.26. The SMILES string of the molecule is CC(C)(C)C(NC(=O)c1ccc(F)c(C(F)(F)F)c1)N/C(=N/C#N)Nc1cccnc1. The molecule has 11 heteroatoms. The average molecular weight is 436 g/mol. The summed E-state index contributed by atoms with van der Waals surface area (Å²) in [6.07, 6.45) is -1.15. The Labute approximate surface area is 176 Å². The highest BCUT2D eigenvalue weighted by molar-refractivity contribution is 5.96. The molecule has 0 saturated carbocycles. The molecule has 1 amide bonds. The maximum Gasteiger partial charge on any atom is 0.419 e. The van der Waals surface area contributed by atoms with Crippen molar-refractivity contribution in [1.29, 1.82) is 5.26 Å². The van der Waals surface area contributed by atoms with Gasteiger partial charge in [-0.3, -0.25) is 9.78 Å². The number of anilines is 1. The van der Waals surface area contributed by atoms with Crippen LogP contribution in [0.15, 0.2) is 47.7 Å². The zero-order valence-corrected chi connectivity index (χ0v) is 16.9. The second-order valence-electron chi connectivity index (χ2n) is 7.54. The Morgan fingerprint density at radius 2 is 1.90 bits per heavy atom. The van der Waals surface area contributed by atoms with E-state index >= 15 is 0 Å². The number of benzene rings is 1. The number of carbonyl (C=O) groups is 1. The van der Waals surface area contributed by atoms with Crippen LogP contribution in [0, 0.1) is 22.7 Å². The topological polar surface area (TPSA) is 102 Å². The van der Waals surface area contributed by atoms with Crippen LogP contribution in [0.5, 0.6) is 0 Å². The summed E-state index contributed by atoms with van der Waals surface area (Å²) in [5, 5.41) is 17.2. The van der Waals surface area contributed by atoms with Crippen molar-refractivity contribution in [2.45, 2.75) is 33.1 Å². The van der Waals surface area contributed by atoms with Crippen molar-refractivity contribution in [2.24, 2.45) is 10.4 Å². The van der Waals surface area contributed by atoms with Gasteiger partial charge in [-0.1, -0.05) is 20.8 Å². The molecule has 0 spiro atoms. The molecule has 2 aromatic rings. The summed E-state index contributed by atoms with van der Waals surface area (Å²) in [5.41, 5.74) is -2.06. The molecule has 1 heterocycles. The molecule has 2 rings (SSSR count). The summed E-state index contributed by atoms with van der Waals surface area (Å²) in [7, 11) is 0. The molecule has 1 aromatic heterocycles. The normalized spacial score (nSPS) is 13.2. The molecule has 0 bridgehead atoms. The molecule has 0 saturated heterocycles. The zero-order chi connectivity index (χ0) is 23.2. The van der Waals surface area contributed by atoms with Gasteiger partial charge in [0.15, 0.2) is 0 Å². The number of hydrogen-bond acceptors (Lipinski definition) is 4. The Morgan fingerprint density at radius 3 is 2.45 bits per heavy atom. The predicted octanol–water partition coefficient (Wildman–Crippen LogP) is 3.88. The molecule has 1 aromatic carbocycles. The Hall–Kier alpha value is -3.68. The Kier molecular flexibility index (Phi) is 7.17.